The Morgan fingerprint density at radius 3 is 2.73 bits per heavy atom. The zero-order valence-electron chi connectivity index (χ0n) is 5.52. The fourth-order valence-electron chi connectivity index (χ4n) is 0.797. The molecular formula is C6H5N3S2. The van der Waals surface area contributed by atoms with Gasteiger partial charge in [-0.15, -0.1) is 16.4 Å². The van der Waals surface area contributed by atoms with Crippen molar-refractivity contribution in [2.75, 3.05) is 5.73 Å². The van der Waals surface area contributed by atoms with Gasteiger partial charge in [-0.05, 0) is 11.5 Å². The van der Waals surface area contributed by atoms with Crippen molar-refractivity contribution in [3.63, 3.8) is 0 Å². The van der Waals surface area contributed by atoms with Gasteiger partial charge in [-0.2, -0.15) is 0 Å². The second kappa shape index (κ2) is 2.60. The van der Waals surface area contributed by atoms with E-state index in [0.717, 1.165) is 16.9 Å². The Morgan fingerprint density at radius 2 is 2.18 bits per heavy atom. The molecule has 5 heteroatoms. The van der Waals surface area contributed by atoms with Gasteiger partial charge < -0.3 is 5.73 Å². The van der Waals surface area contributed by atoms with Crippen molar-refractivity contribution < 1.29 is 0 Å². The van der Waals surface area contributed by atoms with Gasteiger partial charge in [0.05, 0.1) is 5.69 Å². The maximum Gasteiger partial charge on any atom is 0.108 e. The van der Waals surface area contributed by atoms with Crippen LogP contribution in [0.2, 0.25) is 0 Å². The molecule has 0 aliphatic rings. The molecular weight excluding hydrogens is 178 g/mol. The smallest absolute Gasteiger partial charge is 0.108 e. The molecule has 2 N–H and O–H groups in total. The second-order valence-electron chi connectivity index (χ2n) is 2.03. The quantitative estimate of drug-likeness (QED) is 0.734. The number of nitrogens with two attached hydrogens (primary N) is 1. The van der Waals surface area contributed by atoms with E-state index < -0.39 is 0 Å². The van der Waals surface area contributed by atoms with Gasteiger partial charge in [0.1, 0.15) is 5.69 Å². The number of aromatic nitrogens is 2. The molecule has 0 unspecified atom stereocenters. The molecule has 0 atom stereocenters. The van der Waals surface area contributed by atoms with Crippen molar-refractivity contribution in [3.05, 3.63) is 16.1 Å². The summed E-state index contributed by atoms with van der Waals surface area (Å²) in [5.41, 5.74) is 8.32. The molecule has 2 aromatic rings. The second-order valence-corrected chi connectivity index (χ2v) is 3.38. The van der Waals surface area contributed by atoms with Gasteiger partial charge in [-0.25, -0.2) is 0 Å². The molecule has 0 bridgehead atoms. The maximum absolute atomic E-state index is 5.68. The number of hydrogen-bond acceptors (Lipinski definition) is 5. The summed E-state index contributed by atoms with van der Waals surface area (Å²) >= 11 is 2.91. The lowest BCUT2D eigenvalue weighted by atomic mass is 10.2. The lowest BCUT2D eigenvalue weighted by Crippen LogP contribution is -1.84. The van der Waals surface area contributed by atoms with E-state index >= 15 is 0 Å². The highest BCUT2D eigenvalue weighted by atomic mass is 32.1. The van der Waals surface area contributed by atoms with E-state index in [1.165, 1.54) is 11.5 Å². The van der Waals surface area contributed by atoms with Crippen molar-refractivity contribution in [1.82, 2.24) is 9.59 Å². The molecule has 3 nitrogen and oxygen atoms in total. The molecule has 0 saturated carbocycles. The topological polar surface area (TPSA) is 51.8 Å². The molecule has 0 radical (unpaired) electrons. The molecule has 0 amide bonds. The minimum atomic E-state index is 0.780. The van der Waals surface area contributed by atoms with E-state index in [9.17, 15) is 0 Å². The van der Waals surface area contributed by atoms with Gasteiger partial charge in [0, 0.05) is 21.7 Å². The van der Waals surface area contributed by atoms with Crippen LogP contribution in [0.25, 0.3) is 11.3 Å². The SMILES string of the molecule is Nc1cscc1-c1csnn1. The highest BCUT2D eigenvalue weighted by Gasteiger charge is 2.04. The van der Waals surface area contributed by atoms with Gasteiger partial charge in [-0.1, -0.05) is 4.49 Å². The summed E-state index contributed by atoms with van der Waals surface area (Å²) in [7, 11) is 0. The Hall–Kier alpha value is -0.940. The van der Waals surface area contributed by atoms with Crippen LogP contribution in [0.3, 0.4) is 0 Å². The largest absolute Gasteiger partial charge is 0.398 e. The van der Waals surface area contributed by atoms with Crippen LogP contribution in [0, 0.1) is 0 Å². The molecule has 2 rings (SSSR count). The highest BCUT2D eigenvalue weighted by Crippen LogP contribution is 2.27. The molecule has 2 aromatic heterocycles. The Balaban J connectivity index is 2.53. The van der Waals surface area contributed by atoms with E-state index in [1.54, 1.807) is 11.3 Å². The zero-order valence-corrected chi connectivity index (χ0v) is 7.15. The third kappa shape index (κ3) is 1.12. The first-order valence-corrected chi connectivity index (χ1v) is 4.75. The lowest BCUT2D eigenvalue weighted by molar-refractivity contribution is 1.16. The standard InChI is InChI=1S/C6H5N3S2/c7-5-2-10-1-4(5)6-3-11-9-8-6/h1-3H,7H2. The summed E-state index contributed by atoms with van der Waals surface area (Å²) in [4.78, 5) is 0. The van der Waals surface area contributed by atoms with Crippen molar-refractivity contribution in [1.29, 1.82) is 0 Å². The van der Waals surface area contributed by atoms with Crippen LogP contribution in [-0.2, 0) is 0 Å². The van der Waals surface area contributed by atoms with Crippen molar-refractivity contribution in [2.24, 2.45) is 0 Å². The predicted octanol–water partition coefficient (Wildman–Crippen LogP) is 1.85. The van der Waals surface area contributed by atoms with Crippen LogP contribution in [0.5, 0.6) is 0 Å². The normalized spacial score (nSPS) is 10.2. The Bertz CT molecular complexity index is 338. The first-order chi connectivity index (χ1) is 5.38. The number of anilines is 1. The van der Waals surface area contributed by atoms with Gasteiger partial charge in [0.15, 0.2) is 0 Å². The number of rotatable bonds is 1. The molecule has 0 fully saturated rings. The van der Waals surface area contributed by atoms with Crippen LogP contribution in [0.15, 0.2) is 16.1 Å². The highest BCUT2D eigenvalue weighted by molar-refractivity contribution is 7.09. The number of hydrogen-bond donors (Lipinski definition) is 1. The molecule has 11 heavy (non-hydrogen) atoms. The molecule has 56 valence electrons. The van der Waals surface area contributed by atoms with Crippen LogP contribution in [-0.4, -0.2) is 9.59 Å². The summed E-state index contributed by atoms with van der Waals surface area (Å²) in [5.74, 6) is 0. The van der Waals surface area contributed by atoms with E-state index in [-0.39, 0.29) is 0 Å². The van der Waals surface area contributed by atoms with E-state index in [4.69, 9.17) is 5.73 Å². The minimum absolute atomic E-state index is 0.780. The van der Waals surface area contributed by atoms with E-state index in [2.05, 4.69) is 9.59 Å². The Labute approximate surface area is 71.7 Å². The average molecular weight is 183 g/mol. The van der Waals surface area contributed by atoms with E-state index in [1.807, 2.05) is 16.1 Å². The summed E-state index contributed by atoms with van der Waals surface area (Å²) in [5, 5.41) is 9.68. The molecule has 0 aromatic carbocycles. The minimum Gasteiger partial charge on any atom is -0.398 e. The molecule has 0 aliphatic carbocycles. The zero-order chi connectivity index (χ0) is 7.68. The number of thiophene rings is 1. The molecule has 0 spiro atoms. The van der Waals surface area contributed by atoms with Gasteiger partial charge >= 0.3 is 0 Å². The van der Waals surface area contributed by atoms with Crippen LogP contribution in [0.4, 0.5) is 5.69 Å². The summed E-state index contributed by atoms with van der Waals surface area (Å²) in [6, 6.07) is 0. The van der Waals surface area contributed by atoms with Crippen molar-refractivity contribution >= 4 is 28.6 Å². The fraction of sp³-hybridized carbons (Fsp3) is 0. The molecule has 0 aliphatic heterocycles. The Kier molecular flexibility index (Phi) is 1.59. The van der Waals surface area contributed by atoms with Gasteiger partial charge in [0.25, 0.3) is 0 Å². The third-order valence-electron chi connectivity index (χ3n) is 1.33. The predicted molar refractivity (Wildman–Crippen MR) is 47.6 cm³/mol. The maximum atomic E-state index is 5.68. The first kappa shape index (κ1) is 6.75. The van der Waals surface area contributed by atoms with Crippen LogP contribution < -0.4 is 5.73 Å². The van der Waals surface area contributed by atoms with Gasteiger partial charge in [0.2, 0.25) is 0 Å². The van der Waals surface area contributed by atoms with Crippen molar-refractivity contribution in [3.8, 4) is 11.3 Å². The van der Waals surface area contributed by atoms with Crippen LogP contribution >= 0.6 is 22.9 Å². The fourth-order valence-corrected chi connectivity index (χ4v) is 1.99. The summed E-state index contributed by atoms with van der Waals surface area (Å²) < 4.78 is 3.76. The lowest BCUT2D eigenvalue weighted by Gasteiger charge is -1.89. The van der Waals surface area contributed by atoms with Gasteiger partial charge in [-0.3, -0.25) is 0 Å². The average Bonchev–Trinajstić information content (AvgIpc) is 2.55. The summed E-state index contributed by atoms with van der Waals surface area (Å²) in [6.07, 6.45) is 0. The van der Waals surface area contributed by atoms with Crippen molar-refractivity contribution in [2.45, 2.75) is 0 Å². The van der Waals surface area contributed by atoms with Crippen LogP contribution in [0.1, 0.15) is 0 Å². The van der Waals surface area contributed by atoms with E-state index in [0.29, 0.717) is 0 Å². The first-order valence-electron chi connectivity index (χ1n) is 2.97. The molecule has 0 saturated heterocycles. The third-order valence-corrected chi connectivity index (χ3v) is 2.59. The molecule has 2 heterocycles. The number of nitrogens with zero attached hydrogens (tertiary/aromatic N) is 2. The number of nitrogen functional groups attached to an aromatic ring is 1. The Morgan fingerprint density at radius 1 is 1.27 bits per heavy atom. The summed E-state index contributed by atoms with van der Waals surface area (Å²) in [6.45, 7) is 0. The monoisotopic (exact) mass is 183 g/mol.